The molecule has 0 atom stereocenters. The van der Waals surface area contributed by atoms with Crippen LogP contribution in [0.25, 0.3) is 0 Å². The summed E-state index contributed by atoms with van der Waals surface area (Å²) in [5, 5.41) is 6.71. The van der Waals surface area contributed by atoms with Crippen LogP contribution in [0.15, 0.2) is 11.6 Å². The van der Waals surface area contributed by atoms with Crippen molar-refractivity contribution in [3.63, 3.8) is 0 Å². The molecular formula is C10H11N3OS2. The summed E-state index contributed by atoms with van der Waals surface area (Å²) in [6.07, 6.45) is 2.06. The summed E-state index contributed by atoms with van der Waals surface area (Å²) < 4.78 is 3.85. The van der Waals surface area contributed by atoms with E-state index in [1.54, 1.807) is 6.20 Å². The Bertz CT molecular complexity index is 476. The zero-order chi connectivity index (χ0) is 11.5. The van der Waals surface area contributed by atoms with Gasteiger partial charge in [0.05, 0.1) is 12.1 Å². The fourth-order valence-corrected chi connectivity index (χ4v) is 2.70. The van der Waals surface area contributed by atoms with Crippen LogP contribution in [0.5, 0.6) is 0 Å². The minimum atomic E-state index is 0.0636. The quantitative estimate of drug-likeness (QED) is 0.786. The first kappa shape index (κ1) is 11.3. The fraction of sp³-hybridized carbons (Fsp3) is 0.400. The largest absolute Gasteiger partial charge is 0.293 e. The van der Waals surface area contributed by atoms with Crippen LogP contribution in [-0.2, 0) is 6.42 Å². The molecule has 2 rings (SSSR count). The summed E-state index contributed by atoms with van der Waals surface area (Å²) in [5.74, 6) is 0.294. The van der Waals surface area contributed by atoms with Gasteiger partial charge >= 0.3 is 0 Å². The van der Waals surface area contributed by atoms with Crippen LogP contribution >= 0.6 is 22.9 Å². The molecular weight excluding hydrogens is 242 g/mol. The van der Waals surface area contributed by atoms with Gasteiger partial charge in [-0.25, -0.2) is 4.98 Å². The molecule has 2 heterocycles. The Labute approximate surface area is 102 Å². The molecule has 0 radical (unpaired) electrons. The van der Waals surface area contributed by atoms with E-state index >= 15 is 0 Å². The molecule has 0 aliphatic rings. The number of rotatable bonds is 4. The molecule has 0 N–H and O–H groups in total. The van der Waals surface area contributed by atoms with Gasteiger partial charge in [0.1, 0.15) is 9.88 Å². The lowest BCUT2D eigenvalue weighted by Crippen LogP contribution is -2.05. The number of ketones is 1. The zero-order valence-corrected chi connectivity index (χ0v) is 10.6. The van der Waals surface area contributed by atoms with E-state index < -0.39 is 0 Å². The van der Waals surface area contributed by atoms with Crippen molar-refractivity contribution in [2.45, 2.75) is 26.2 Å². The second-order valence-corrected chi connectivity index (χ2v) is 5.40. The van der Waals surface area contributed by atoms with Gasteiger partial charge in [0.2, 0.25) is 0 Å². The molecule has 4 nitrogen and oxygen atoms in total. The number of carbonyl (C=O) groups excluding carboxylic acids is 1. The fourth-order valence-electron chi connectivity index (χ4n) is 1.33. The van der Waals surface area contributed by atoms with Crippen molar-refractivity contribution >= 4 is 28.7 Å². The molecule has 2 aromatic heterocycles. The monoisotopic (exact) mass is 253 g/mol. The van der Waals surface area contributed by atoms with Gasteiger partial charge in [-0.3, -0.25) is 4.79 Å². The Kier molecular flexibility index (Phi) is 3.40. The highest BCUT2D eigenvalue weighted by atomic mass is 32.1. The lowest BCUT2D eigenvalue weighted by atomic mass is 10.1. The van der Waals surface area contributed by atoms with Crippen molar-refractivity contribution in [3.05, 3.63) is 27.2 Å². The van der Waals surface area contributed by atoms with Crippen molar-refractivity contribution in [3.8, 4) is 0 Å². The SMILES string of the molecule is CC(C)c1nnsc1C(=O)Cc1nccs1. The number of carbonyl (C=O) groups is 1. The highest BCUT2D eigenvalue weighted by Crippen LogP contribution is 2.21. The Hall–Kier alpha value is -1.14. The van der Waals surface area contributed by atoms with Gasteiger partial charge in [0, 0.05) is 11.6 Å². The van der Waals surface area contributed by atoms with Crippen LogP contribution < -0.4 is 0 Å². The minimum Gasteiger partial charge on any atom is -0.293 e. The van der Waals surface area contributed by atoms with E-state index in [-0.39, 0.29) is 11.7 Å². The Morgan fingerprint density at radius 2 is 2.31 bits per heavy atom. The maximum atomic E-state index is 12.0. The Balaban J connectivity index is 2.18. The highest BCUT2D eigenvalue weighted by Gasteiger charge is 2.19. The topological polar surface area (TPSA) is 55.7 Å². The zero-order valence-electron chi connectivity index (χ0n) is 9.01. The number of hydrogen-bond acceptors (Lipinski definition) is 6. The van der Waals surface area contributed by atoms with Crippen molar-refractivity contribution in [1.82, 2.24) is 14.6 Å². The third kappa shape index (κ3) is 2.33. The van der Waals surface area contributed by atoms with Crippen molar-refractivity contribution in [2.75, 3.05) is 0 Å². The first-order valence-corrected chi connectivity index (χ1v) is 6.57. The van der Waals surface area contributed by atoms with E-state index in [4.69, 9.17) is 0 Å². The molecule has 0 aliphatic carbocycles. The second kappa shape index (κ2) is 4.80. The lowest BCUT2D eigenvalue weighted by molar-refractivity contribution is 0.0995. The van der Waals surface area contributed by atoms with Crippen LogP contribution in [0.4, 0.5) is 0 Å². The lowest BCUT2D eigenvalue weighted by Gasteiger charge is -2.01. The smallest absolute Gasteiger partial charge is 0.183 e. The molecule has 0 fully saturated rings. The summed E-state index contributed by atoms with van der Waals surface area (Å²) in [6, 6.07) is 0. The van der Waals surface area contributed by atoms with Crippen LogP contribution in [0, 0.1) is 0 Å². The molecule has 16 heavy (non-hydrogen) atoms. The van der Waals surface area contributed by atoms with Crippen LogP contribution in [-0.4, -0.2) is 20.4 Å². The summed E-state index contributed by atoms with van der Waals surface area (Å²) >= 11 is 2.67. The molecule has 0 bridgehead atoms. The summed E-state index contributed by atoms with van der Waals surface area (Å²) in [4.78, 5) is 16.8. The van der Waals surface area contributed by atoms with Crippen LogP contribution in [0.2, 0.25) is 0 Å². The predicted octanol–water partition coefficient (Wildman–Crippen LogP) is 2.54. The average molecular weight is 253 g/mol. The molecule has 84 valence electrons. The van der Waals surface area contributed by atoms with Gasteiger partial charge < -0.3 is 0 Å². The van der Waals surface area contributed by atoms with Crippen LogP contribution in [0.3, 0.4) is 0 Å². The van der Waals surface area contributed by atoms with Gasteiger partial charge in [0.15, 0.2) is 5.78 Å². The molecule has 0 aromatic carbocycles. The molecule has 0 aliphatic heterocycles. The van der Waals surface area contributed by atoms with Gasteiger partial charge in [-0.05, 0) is 17.5 Å². The number of nitrogens with zero attached hydrogens (tertiary/aromatic N) is 3. The standard InChI is InChI=1S/C10H11N3OS2/c1-6(2)9-10(16-13-12-9)7(14)5-8-11-3-4-15-8/h3-4,6H,5H2,1-2H3. The number of hydrogen-bond donors (Lipinski definition) is 0. The normalized spacial score (nSPS) is 10.9. The maximum Gasteiger partial charge on any atom is 0.183 e. The first-order valence-electron chi connectivity index (χ1n) is 4.92. The first-order chi connectivity index (χ1) is 7.68. The summed E-state index contributed by atoms with van der Waals surface area (Å²) in [7, 11) is 0. The molecule has 0 amide bonds. The predicted molar refractivity (Wildman–Crippen MR) is 64.1 cm³/mol. The molecule has 0 unspecified atom stereocenters. The van der Waals surface area contributed by atoms with Gasteiger partial charge in [-0.2, -0.15) is 0 Å². The Morgan fingerprint density at radius 3 is 2.94 bits per heavy atom. The van der Waals surface area contributed by atoms with Gasteiger partial charge in [-0.1, -0.05) is 18.3 Å². The van der Waals surface area contributed by atoms with Crippen molar-refractivity contribution in [2.24, 2.45) is 0 Å². The molecule has 6 heteroatoms. The Morgan fingerprint density at radius 1 is 1.50 bits per heavy atom. The van der Waals surface area contributed by atoms with Crippen LogP contribution in [0.1, 0.15) is 40.1 Å². The van der Waals surface area contributed by atoms with E-state index in [0.29, 0.717) is 11.3 Å². The number of thiazole rings is 1. The molecule has 0 saturated carbocycles. The third-order valence-corrected chi connectivity index (χ3v) is 3.67. The summed E-state index contributed by atoms with van der Waals surface area (Å²) in [6.45, 7) is 4.02. The van der Waals surface area contributed by atoms with Gasteiger partial charge in [-0.15, -0.1) is 16.4 Å². The van der Waals surface area contributed by atoms with Crippen molar-refractivity contribution in [1.29, 1.82) is 0 Å². The maximum absolute atomic E-state index is 12.0. The molecule has 2 aromatic rings. The van der Waals surface area contributed by atoms with Gasteiger partial charge in [0.25, 0.3) is 0 Å². The van der Waals surface area contributed by atoms with E-state index in [9.17, 15) is 4.79 Å². The minimum absolute atomic E-state index is 0.0636. The van der Waals surface area contributed by atoms with E-state index in [1.165, 1.54) is 22.9 Å². The highest BCUT2D eigenvalue weighted by molar-refractivity contribution is 7.10. The molecule has 0 spiro atoms. The summed E-state index contributed by atoms with van der Waals surface area (Å²) in [5.41, 5.74) is 0.798. The van der Waals surface area contributed by atoms with Crippen molar-refractivity contribution < 1.29 is 4.79 Å². The number of aromatic nitrogens is 3. The van der Waals surface area contributed by atoms with E-state index in [0.717, 1.165) is 10.7 Å². The van der Waals surface area contributed by atoms with E-state index in [2.05, 4.69) is 14.6 Å². The molecule has 0 saturated heterocycles. The number of Topliss-reactive ketones (excluding diaryl/α,β-unsaturated/α-hetero) is 1. The third-order valence-electron chi connectivity index (χ3n) is 2.11. The van der Waals surface area contributed by atoms with E-state index in [1.807, 2.05) is 19.2 Å². The average Bonchev–Trinajstić information content (AvgIpc) is 2.86. The second-order valence-electron chi connectivity index (χ2n) is 3.67.